The zero-order chi connectivity index (χ0) is 53.6. The summed E-state index contributed by atoms with van der Waals surface area (Å²) >= 11 is 0. The minimum Gasteiger partial charge on any atom is -0.455 e. The standard InChI is InChI=1S/C43H46FN11O18P2/c44-25-7-3-22(4-8-25)15-31(56)51-26-9-5-23(6-10-26)17-67-43(61)52-27(14-24-2-1-12-47-16-24)41(59)72-35-28(70-40(33(35)57)55-21-50-32-37(46)48-20-49-38(32)55)19-69-75(65,66)73-36-29(18-68-74(62,63)64)71-39(34(36)58)54-13-11-30(45)53-42(54)60/h1-13,16,20-21,27-29,33-36,39-40,57-58H,14-15,17-19H2,(H,51,56)(H,52,61)(H,65,66)(H2,45,53,60)(H2,46,48,49)(H2,62,63,64)/t27-,28+,29+,33+,34+,35+,36+,39+,40+/m0/s1. The first-order valence-electron chi connectivity index (χ1n) is 22.2. The molecular formula is C43H46FN11O18P2. The maximum absolute atomic E-state index is 14.2. The number of ether oxygens (including phenoxy) is 4. The lowest BCUT2D eigenvalue weighted by Crippen LogP contribution is -2.47. The molecule has 29 nitrogen and oxygen atoms in total. The van der Waals surface area contributed by atoms with Crippen LogP contribution < -0.4 is 27.8 Å². The molecule has 2 amide bonds. The second-order valence-corrected chi connectivity index (χ2v) is 19.3. The molecule has 2 aliphatic heterocycles. The van der Waals surface area contributed by atoms with Crippen LogP contribution in [0.4, 0.5) is 26.5 Å². The Hall–Kier alpha value is -7.18. The molecule has 0 radical (unpaired) electrons. The van der Waals surface area contributed by atoms with Crippen LogP contribution in [0.2, 0.25) is 0 Å². The van der Waals surface area contributed by atoms with E-state index in [1.807, 2.05) is 0 Å². The van der Waals surface area contributed by atoms with Gasteiger partial charge in [0, 0.05) is 30.7 Å². The minimum atomic E-state index is -5.50. The smallest absolute Gasteiger partial charge is 0.455 e. The average Bonchev–Trinajstić information content (AvgIpc) is 4.03. The number of imidazole rings is 1. The number of benzene rings is 2. The van der Waals surface area contributed by atoms with Crippen molar-refractivity contribution in [1.82, 2.24) is 39.4 Å². The van der Waals surface area contributed by atoms with Crippen molar-refractivity contribution in [3.63, 3.8) is 0 Å². The monoisotopic (exact) mass is 1090 g/mol. The number of aliphatic hydroxyl groups excluding tert-OH is 2. The first-order chi connectivity index (χ1) is 35.7. The van der Waals surface area contributed by atoms with E-state index >= 15 is 0 Å². The van der Waals surface area contributed by atoms with Gasteiger partial charge in [-0.1, -0.05) is 30.3 Å². The molecule has 75 heavy (non-hydrogen) atoms. The van der Waals surface area contributed by atoms with Gasteiger partial charge in [0.25, 0.3) is 0 Å². The number of phosphoric acid groups is 2. The number of alkyl carbamates (subject to hydrolysis) is 1. The second kappa shape index (κ2) is 23.2. The molecule has 2 aromatic carbocycles. The molecule has 1 unspecified atom stereocenters. The summed E-state index contributed by atoms with van der Waals surface area (Å²) in [5.41, 5.74) is 12.5. The number of phosphoric ester groups is 2. The summed E-state index contributed by atoms with van der Waals surface area (Å²) in [5.74, 6) is -2.23. The van der Waals surface area contributed by atoms with E-state index in [0.717, 1.165) is 23.2 Å². The summed E-state index contributed by atoms with van der Waals surface area (Å²) in [6.45, 7) is -2.40. The van der Waals surface area contributed by atoms with Crippen molar-refractivity contribution in [1.29, 1.82) is 0 Å². The molecule has 0 spiro atoms. The fourth-order valence-electron chi connectivity index (χ4n) is 7.82. The molecule has 398 valence electrons. The third-order valence-electron chi connectivity index (χ3n) is 11.3. The zero-order valence-corrected chi connectivity index (χ0v) is 40.4. The molecule has 0 saturated carbocycles. The second-order valence-electron chi connectivity index (χ2n) is 16.6. The van der Waals surface area contributed by atoms with Gasteiger partial charge in [0.2, 0.25) is 5.91 Å². The fourth-order valence-corrected chi connectivity index (χ4v) is 9.12. The van der Waals surface area contributed by atoms with E-state index in [1.54, 1.807) is 36.4 Å². The summed E-state index contributed by atoms with van der Waals surface area (Å²) in [7, 11) is -10.7. The predicted octanol–water partition coefficient (Wildman–Crippen LogP) is 0.541. The Labute approximate surface area is 421 Å². The molecule has 8 rings (SSSR count). The first-order valence-corrected chi connectivity index (χ1v) is 25.2. The van der Waals surface area contributed by atoms with E-state index in [1.165, 1.54) is 47.6 Å². The molecule has 11 N–H and O–H groups in total. The third kappa shape index (κ3) is 13.8. The number of nitrogens with zero attached hydrogens (tertiary/aromatic N) is 7. The van der Waals surface area contributed by atoms with Crippen LogP contribution in [0.5, 0.6) is 0 Å². The Morgan fingerprint density at radius 2 is 1.52 bits per heavy atom. The SMILES string of the molecule is Nc1ccn([C@@H]2O[C@H](COP(=O)(O)O)[C@@H](OP(=O)(O)OC[C@H]3O[C@@H](n4cnc5c(N)ncnc54)[C@H](O)[C@@H]3OC(=O)[C@H](Cc3cccnc3)NC(=O)OCc3ccc(NC(=O)Cc4ccc(F)cc4)cc3)[C@H]2O)c(=O)n1. The van der Waals surface area contributed by atoms with Gasteiger partial charge < -0.3 is 65.9 Å². The maximum atomic E-state index is 14.2. The fraction of sp³-hybridized carbons (Fsp3) is 0.326. The molecule has 32 heteroatoms. The molecule has 0 aliphatic carbocycles. The van der Waals surface area contributed by atoms with Crippen molar-refractivity contribution < 1.29 is 85.3 Å². The number of nitrogen functional groups attached to an aromatic ring is 2. The van der Waals surface area contributed by atoms with Crippen molar-refractivity contribution in [2.24, 2.45) is 0 Å². The lowest BCUT2D eigenvalue weighted by molar-refractivity contribution is -0.159. The summed E-state index contributed by atoms with van der Waals surface area (Å²) in [5, 5.41) is 28.2. The third-order valence-corrected chi connectivity index (χ3v) is 12.8. The lowest BCUT2D eigenvalue weighted by Gasteiger charge is -2.26. The van der Waals surface area contributed by atoms with Crippen LogP contribution in [-0.2, 0) is 70.7 Å². The molecule has 2 aliphatic rings. The van der Waals surface area contributed by atoms with Crippen LogP contribution >= 0.6 is 15.6 Å². The number of fused-ring (bicyclic) bond motifs is 1. The summed E-state index contributed by atoms with van der Waals surface area (Å²) in [6.07, 6.45) is -9.55. The van der Waals surface area contributed by atoms with Crippen LogP contribution in [0, 0.1) is 5.82 Å². The predicted molar refractivity (Wildman–Crippen MR) is 251 cm³/mol. The molecular weight excluding hydrogens is 1040 g/mol. The molecule has 10 atom stereocenters. The Morgan fingerprint density at radius 3 is 2.21 bits per heavy atom. The van der Waals surface area contributed by atoms with Gasteiger partial charge in [-0.05, 0) is 53.1 Å². The lowest BCUT2D eigenvalue weighted by atomic mass is 10.1. The molecule has 6 heterocycles. The van der Waals surface area contributed by atoms with Crippen LogP contribution in [0.1, 0.15) is 29.1 Å². The van der Waals surface area contributed by atoms with Gasteiger partial charge in [-0.15, -0.1) is 0 Å². The topological polar surface area (TPSA) is 419 Å². The van der Waals surface area contributed by atoms with Crippen molar-refractivity contribution >= 4 is 62.1 Å². The van der Waals surface area contributed by atoms with Gasteiger partial charge in [-0.25, -0.2) is 42.9 Å². The Balaban J connectivity index is 0.976. The van der Waals surface area contributed by atoms with Gasteiger partial charge in [-0.2, -0.15) is 4.98 Å². The quantitative estimate of drug-likeness (QED) is 0.0372. The summed E-state index contributed by atoms with van der Waals surface area (Å²) in [6, 6.07) is 14.5. The number of amides is 2. The number of esters is 1. The number of aromatic nitrogens is 7. The Bertz CT molecular complexity index is 3160. The largest absolute Gasteiger partial charge is 0.472 e. The highest BCUT2D eigenvalue weighted by Gasteiger charge is 2.52. The van der Waals surface area contributed by atoms with E-state index in [4.69, 9.17) is 39.5 Å². The van der Waals surface area contributed by atoms with Gasteiger partial charge in [0.15, 0.2) is 30.0 Å². The Kier molecular flexibility index (Phi) is 16.7. The number of pyridine rings is 1. The number of rotatable bonds is 20. The number of nitrogens with one attached hydrogen (secondary N) is 2. The zero-order valence-electron chi connectivity index (χ0n) is 38.6. The number of aliphatic hydroxyl groups is 2. The van der Waals surface area contributed by atoms with Crippen molar-refractivity contribution in [3.05, 3.63) is 131 Å². The van der Waals surface area contributed by atoms with Gasteiger partial charge in [-0.3, -0.25) is 32.5 Å². The van der Waals surface area contributed by atoms with E-state index < -0.39 is 108 Å². The van der Waals surface area contributed by atoms with Gasteiger partial charge >= 0.3 is 33.4 Å². The minimum absolute atomic E-state index is 0.00736. The number of carbonyl (C=O) groups is 3. The van der Waals surface area contributed by atoms with Crippen molar-refractivity contribution in [3.8, 4) is 0 Å². The van der Waals surface area contributed by atoms with Crippen molar-refractivity contribution in [2.75, 3.05) is 30.0 Å². The highest BCUT2D eigenvalue weighted by Crippen LogP contribution is 2.50. The van der Waals surface area contributed by atoms with Crippen LogP contribution in [-0.4, -0.2) is 133 Å². The van der Waals surface area contributed by atoms with Crippen molar-refractivity contribution in [2.45, 2.75) is 74.6 Å². The van der Waals surface area contributed by atoms with Gasteiger partial charge in [0.1, 0.15) is 66.6 Å². The number of nitrogens with two attached hydrogens (primary N) is 2. The Morgan fingerprint density at radius 1 is 0.840 bits per heavy atom. The highest BCUT2D eigenvalue weighted by atomic mass is 31.2. The van der Waals surface area contributed by atoms with Crippen LogP contribution in [0.3, 0.4) is 0 Å². The first kappa shape index (κ1) is 54.1. The number of carbonyl (C=O) groups excluding carboxylic acids is 3. The molecule has 6 aromatic rings. The number of hydrogen-bond donors (Lipinski definition) is 9. The van der Waals surface area contributed by atoms with Crippen LogP contribution in [0.15, 0.2) is 103 Å². The molecule has 2 fully saturated rings. The number of hydrogen-bond acceptors (Lipinski definition) is 22. The summed E-state index contributed by atoms with van der Waals surface area (Å²) < 4.78 is 78.5. The number of anilines is 3. The number of halogens is 1. The van der Waals surface area contributed by atoms with E-state index in [2.05, 4.69) is 40.1 Å². The van der Waals surface area contributed by atoms with E-state index in [-0.39, 0.29) is 48.2 Å². The van der Waals surface area contributed by atoms with Gasteiger partial charge in [0.05, 0.1) is 26.0 Å². The average molecular weight is 1090 g/mol. The molecule has 0 bridgehead atoms. The van der Waals surface area contributed by atoms with E-state index in [0.29, 0.717) is 22.4 Å². The summed E-state index contributed by atoms with van der Waals surface area (Å²) in [4.78, 5) is 102. The van der Waals surface area contributed by atoms with Crippen LogP contribution in [0.25, 0.3) is 11.2 Å². The molecule has 4 aromatic heterocycles. The normalized spacial score (nSPS) is 22.8. The maximum Gasteiger partial charge on any atom is 0.472 e. The van der Waals surface area contributed by atoms with E-state index in [9.17, 15) is 57.6 Å². The highest BCUT2D eigenvalue weighted by molar-refractivity contribution is 7.47. The molecule has 2 saturated heterocycles.